The van der Waals surface area contributed by atoms with Gasteiger partial charge >= 0.3 is 5.97 Å². The van der Waals surface area contributed by atoms with Crippen LogP contribution in [0.1, 0.15) is 6.92 Å². The maximum atomic E-state index is 12.2. The number of carbonyl (C=O) groups is 2. The van der Waals surface area contributed by atoms with Gasteiger partial charge in [0.05, 0.1) is 20.3 Å². The predicted octanol–water partition coefficient (Wildman–Crippen LogP) is 1.61. The van der Waals surface area contributed by atoms with Crippen LogP contribution in [-0.4, -0.2) is 61.1 Å². The Morgan fingerprint density at radius 1 is 1.35 bits per heavy atom. The summed E-state index contributed by atoms with van der Waals surface area (Å²) in [6.45, 7) is 3.01. The fraction of sp³-hybridized carbons (Fsp3) is 0.500. The molecule has 1 saturated heterocycles. The average Bonchev–Trinajstić information content (AvgIpc) is 2.56. The number of nitrogens with one attached hydrogen (secondary N) is 1. The van der Waals surface area contributed by atoms with Crippen molar-refractivity contribution < 1.29 is 19.1 Å². The third-order valence-electron chi connectivity index (χ3n) is 3.52. The highest BCUT2D eigenvalue weighted by atomic mass is 32.2. The first-order chi connectivity index (χ1) is 11.1. The highest BCUT2D eigenvalue weighted by molar-refractivity contribution is 7.99. The van der Waals surface area contributed by atoms with Crippen LogP contribution < -0.4 is 10.1 Å². The highest BCUT2D eigenvalue weighted by Gasteiger charge is 2.31. The zero-order valence-corrected chi connectivity index (χ0v) is 14.2. The van der Waals surface area contributed by atoms with E-state index in [2.05, 4.69) is 5.32 Å². The van der Waals surface area contributed by atoms with Crippen molar-refractivity contribution in [3.05, 3.63) is 24.3 Å². The summed E-state index contributed by atoms with van der Waals surface area (Å²) >= 11 is 1.71. The maximum absolute atomic E-state index is 12.2. The van der Waals surface area contributed by atoms with Gasteiger partial charge < -0.3 is 14.8 Å². The predicted molar refractivity (Wildman–Crippen MR) is 90.9 cm³/mol. The van der Waals surface area contributed by atoms with E-state index in [0.717, 1.165) is 11.5 Å². The van der Waals surface area contributed by atoms with Gasteiger partial charge in [0.2, 0.25) is 5.91 Å². The van der Waals surface area contributed by atoms with Gasteiger partial charge in [-0.15, -0.1) is 0 Å². The van der Waals surface area contributed by atoms with Crippen LogP contribution in [0.3, 0.4) is 0 Å². The second kappa shape index (κ2) is 8.79. The number of methoxy groups -OCH3 is 1. The quantitative estimate of drug-likeness (QED) is 0.795. The molecule has 0 saturated carbocycles. The van der Waals surface area contributed by atoms with Gasteiger partial charge in [-0.3, -0.25) is 14.5 Å². The molecular formula is C16H22N2O4S. The number of ether oxygens (including phenoxy) is 2. The average molecular weight is 338 g/mol. The van der Waals surface area contributed by atoms with Crippen LogP contribution in [0.15, 0.2) is 24.3 Å². The molecule has 0 aliphatic carbocycles. The number of thioether (sulfide) groups is 1. The molecule has 1 heterocycles. The first-order valence-electron chi connectivity index (χ1n) is 7.56. The van der Waals surface area contributed by atoms with E-state index in [1.54, 1.807) is 50.1 Å². The van der Waals surface area contributed by atoms with E-state index in [-0.39, 0.29) is 24.5 Å². The summed E-state index contributed by atoms with van der Waals surface area (Å²) < 4.78 is 10.2. The molecule has 2 rings (SSSR count). The SMILES string of the molecule is CCOC(=O)C1CSCCN1CC(=O)Nc1ccc(OC)cc1. The molecule has 1 aliphatic rings. The minimum Gasteiger partial charge on any atom is -0.497 e. The van der Waals surface area contributed by atoms with Crippen molar-refractivity contribution in [2.24, 2.45) is 0 Å². The smallest absolute Gasteiger partial charge is 0.324 e. The Labute approximate surface area is 140 Å². The molecule has 1 atom stereocenters. The van der Waals surface area contributed by atoms with Crippen molar-refractivity contribution in [1.82, 2.24) is 4.90 Å². The van der Waals surface area contributed by atoms with Crippen LogP contribution in [0.4, 0.5) is 5.69 Å². The number of hydrogen-bond acceptors (Lipinski definition) is 6. The summed E-state index contributed by atoms with van der Waals surface area (Å²) in [6.07, 6.45) is 0. The molecular weight excluding hydrogens is 316 g/mol. The van der Waals surface area contributed by atoms with Crippen molar-refractivity contribution in [2.45, 2.75) is 13.0 Å². The number of carbonyl (C=O) groups excluding carboxylic acids is 2. The molecule has 0 spiro atoms. The molecule has 7 heteroatoms. The molecule has 1 amide bonds. The summed E-state index contributed by atoms with van der Waals surface area (Å²) in [5.74, 6) is 1.91. The van der Waals surface area contributed by atoms with Crippen molar-refractivity contribution >= 4 is 29.3 Å². The van der Waals surface area contributed by atoms with Gasteiger partial charge in [0, 0.05) is 23.7 Å². The van der Waals surface area contributed by atoms with Crippen LogP contribution in [0.5, 0.6) is 5.75 Å². The van der Waals surface area contributed by atoms with Gasteiger partial charge in [-0.2, -0.15) is 11.8 Å². The van der Waals surface area contributed by atoms with Crippen LogP contribution in [0, 0.1) is 0 Å². The van der Waals surface area contributed by atoms with Gasteiger partial charge in [-0.1, -0.05) is 0 Å². The van der Waals surface area contributed by atoms with Gasteiger partial charge in [0.15, 0.2) is 0 Å². The Hall–Kier alpha value is -1.73. The first kappa shape index (κ1) is 17.6. The van der Waals surface area contributed by atoms with Crippen molar-refractivity contribution in [3.8, 4) is 5.75 Å². The normalized spacial score (nSPS) is 18.3. The summed E-state index contributed by atoms with van der Waals surface area (Å²) in [5, 5.41) is 2.84. The number of amides is 1. The summed E-state index contributed by atoms with van der Waals surface area (Å²) in [5.41, 5.74) is 0.704. The number of esters is 1. The Balaban J connectivity index is 1.92. The summed E-state index contributed by atoms with van der Waals surface area (Å²) in [6, 6.07) is 6.79. The van der Waals surface area contributed by atoms with Crippen molar-refractivity contribution in [2.75, 3.05) is 43.6 Å². The van der Waals surface area contributed by atoms with Gasteiger partial charge in [0.1, 0.15) is 11.8 Å². The molecule has 0 bridgehead atoms. The molecule has 1 aliphatic heterocycles. The van der Waals surface area contributed by atoms with E-state index in [1.807, 2.05) is 4.90 Å². The van der Waals surface area contributed by atoms with Crippen LogP contribution in [0.2, 0.25) is 0 Å². The molecule has 6 nitrogen and oxygen atoms in total. The lowest BCUT2D eigenvalue weighted by Gasteiger charge is -2.32. The lowest BCUT2D eigenvalue weighted by molar-refractivity contribution is -0.148. The van der Waals surface area contributed by atoms with E-state index < -0.39 is 0 Å². The lowest BCUT2D eigenvalue weighted by Crippen LogP contribution is -2.50. The zero-order chi connectivity index (χ0) is 16.7. The second-order valence-electron chi connectivity index (χ2n) is 5.09. The third-order valence-corrected chi connectivity index (χ3v) is 4.54. The molecule has 1 unspecified atom stereocenters. The standard InChI is InChI=1S/C16H22N2O4S/c1-3-22-16(20)14-11-23-9-8-18(14)10-15(19)17-12-4-6-13(21-2)7-5-12/h4-7,14H,3,8-11H2,1-2H3,(H,17,19). The van der Waals surface area contributed by atoms with Crippen LogP contribution in [0.25, 0.3) is 0 Å². The van der Waals surface area contributed by atoms with E-state index in [4.69, 9.17) is 9.47 Å². The van der Waals surface area contributed by atoms with E-state index in [0.29, 0.717) is 24.6 Å². The van der Waals surface area contributed by atoms with Crippen LogP contribution >= 0.6 is 11.8 Å². The minimum atomic E-state index is -0.352. The summed E-state index contributed by atoms with van der Waals surface area (Å²) in [4.78, 5) is 26.1. The Morgan fingerprint density at radius 2 is 2.09 bits per heavy atom. The fourth-order valence-corrected chi connectivity index (χ4v) is 3.44. The zero-order valence-electron chi connectivity index (χ0n) is 13.4. The second-order valence-corrected chi connectivity index (χ2v) is 6.24. The molecule has 1 N–H and O–H groups in total. The number of rotatable bonds is 6. The highest BCUT2D eigenvalue weighted by Crippen LogP contribution is 2.18. The van der Waals surface area contributed by atoms with Crippen LogP contribution in [-0.2, 0) is 14.3 Å². The van der Waals surface area contributed by atoms with E-state index in [1.165, 1.54) is 0 Å². The van der Waals surface area contributed by atoms with Gasteiger partial charge in [0.25, 0.3) is 0 Å². The van der Waals surface area contributed by atoms with E-state index >= 15 is 0 Å². The molecule has 0 aromatic heterocycles. The monoisotopic (exact) mass is 338 g/mol. The Bertz CT molecular complexity index is 535. The fourth-order valence-electron chi connectivity index (χ4n) is 2.34. The Kier molecular flexibility index (Phi) is 6.73. The lowest BCUT2D eigenvalue weighted by atomic mass is 10.2. The van der Waals surface area contributed by atoms with Crippen molar-refractivity contribution in [3.63, 3.8) is 0 Å². The number of anilines is 1. The Morgan fingerprint density at radius 3 is 2.74 bits per heavy atom. The molecule has 126 valence electrons. The largest absolute Gasteiger partial charge is 0.497 e. The maximum Gasteiger partial charge on any atom is 0.324 e. The number of benzene rings is 1. The minimum absolute atomic E-state index is 0.142. The molecule has 23 heavy (non-hydrogen) atoms. The topological polar surface area (TPSA) is 67.9 Å². The number of hydrogen-bond donors (Lipinski definition) is 1. The van der Waals surface area contributed by atoms with Crippen molar-refractivity contribution in [1.29, 1.82) is 0 Å². The van der Waals surface area contributed by atoms with Gasteiger partial charge in [-0.25, -0.2) is 0 Å². The molecule has 1 aromatic carbocycles. The third kappa shape index (κ3) is 5.14. The number of nitrogens with zero attached hydrogens (tertiary/aromatic N) is 1. The molecule has 1 aromatic rings. The van der Waals surface area contributed by atoms with Gasteiger partial charge in [-0.05, 0) is 31.2 Å². The molecule has 0 radical (unpaired) electrons. The van der Waals surface area contributed by atoms with E-state index in [9.17, 15) is 9.59 Å². The molecule has 1 fully saturated rings. The summed E-state index contributed by atoms with van der Waals surface area (Å²) in [7, 11) is 1.59. The first-order valence-corrected chi connectivity index (χ1v) is 8.72.